The highest BCUT2D eigenvalue weighted by Crippen LogP contribution is 2.43. The number of hydrogen-bond acceptors (Lipinski definition) is 4. The van der Waals surface area contributed by atoms with E-state index in [1.807, 2.05) is 36.5 Å². The molecule has 0 aliphatic carbocycles. The monoisotopic (exact) mass is 400 g/mol. The highest BCUT2D eigenvalue weighted by Gasteiger charge is 2.50. The number of H-pyrrole nitrogens is 1. The lowest BCUT2D eigenvalue weighted by Gasteiger charge is -2.22. The lowest BCUT2D eigenvalue weighted by Crippen LogP contribution is -2.42. The number of fused-ring (bicyclic) bond motifs is 2. The number of para-hydroxylation sites is 2. The highest BCUT2D eigenvalue weighted by atomic mass is 16.3. The normalized spacial score (nSPS) is 18.2. The standard InChI is InChI=1S/C24H20N2O4/c27-21(22-10-5-13-30-22)14-24(29)18-7-2-4-9-20(18)26(23(24)28)12-11-16-15-25-19-8-3-1-6-17(16)19/h1-10,13,15,25,29H,11-12,14H2/t24-/m1/s1. The van der Waals surface area contributed by atoms with E-state index in [1.54, 1.807) is 29.2 Å². The molecule has 0 unspecified atom stereocenters. The van der Waals surface area contributed by atoms with Gasteiger partial charge in [-0.1, -0.05) is 36.4 Å². The first-order chi connectivity index (χ1) is 14.6. The Kier molecular flexibility index (Phi) is 4.29. The first-order valence-corrected chi connectivity index (χ1v) is 9.83. The van der Waals surface area contributed by atoms with E-state index < -0.39 is 17.3 Å². The Hall–Kier alpha value is -3.64. The zero-order chi connectivity index (χ0) is 20.7. The number of nitrogens with zero attached hydrogens (tertiary/aromatic N) is 1. The number of benzene rings is 2. The fourth-order valence-electron chi connectivity index (χ4n) is 4.23. The molecule has 3 heterocycles. The Morgan fingerprint density at radius 3 is 2.70 bits per heavy atom. The third-order valence-corrected chi connectivity index (χ3v) is 5.73. The number of rotatable bonds is 6. The first kappa shape index (κ1) is 18.4. The Labute approximate surface area is 172 Å². The summed E-state index contributed by atoms with van der Waals surface area (Å²) in [5, 5.41) is 12.4. The minimum Gasteiger partial charge on any atom is -0.461 e. The average molecular weight is 400 g/mol. The topological polar surface area (TPSA) is 86.5 Å². The molecule has 5 rings (SSSR count). The van der Waals surface area contributed by atoms with Crippen LogP contribution in [0.1, 0.15) is 28.1 Å². The molecule has 2 N–H and O–H groups in total. The Balaban J connectivity index is 1.43. The van der Waals surface area contributed by atoms with Crippen LogP contribution < -0.4 is 4.90 Å². The number of anilines is 1. The lowest BCUT2D eigenvalue weighted by molar-refractivity contribution is -0.135. The molecule has 1 atom stereocenters. The van der Waals surface area contributed by atoms with E-state index in [-0.39, 0.29) is 12.2 Å². The largest absolute Gasteiger partial charge is 0.461 e. The molecule has 150 valence electrons. The molecule has 0 saturated heterocycles. The van der Waals surface area contributed by atoms with Gasteiger partial charge in [-0.15, -0.1) is 0 Å². The van der Waals surface area contributed by atoms with Gasteiger partial charge in [-0.05, 0) is 36.2 Å². The van der Waals surface area contributed by atoms with Crippen molar-refractivity contribution in [1.82, 2.24) is 4.98 Å². The SMILES string of the molecule is O=C(C[C@]1(O)C(=O)N(CCc2c[nH]c3ccccc23)c2ccccc21)c1ccco1. The maximum Gasteiger partial charge on any atom is 0.264 e. The van der Waals surface area contributed by atoms with Crippen molar-refractivity contribution in [2.24, 2.45) is 0 Å². The van der Waals surface area contributed by atoms with Crippen molar-refractivity contribution < 1.29 is 19.1 Å². The third-order valence-electron chi connectivity index (χ3n) is 5.73. The average Bonchev–Trinajstić information content (AvgIpc) is 3.48. The van der Waals surface area contributed by atoms with Gasteiger partial charge in [0.25, 0.3) is 5.91 Å². The zero-order valence-electron chi connectivity index (χ0n) is 16.2. The molecule has 0 spiro atoms. The van der Waals surface area contributed by atoms with E-state index >= 15 is 0 Å². The molecule has 0 saturated carbocycles. The molecule has 4 aromatic rings. The molecule has 0 radical (unpaired) electrons. The zero-order valence-corrected chi connectivity index (χ0v) is 16.2. The minimum absolute atomic E-state index is 0.131. The van der Waals surface area contributed by atoms with Crippen molar-refractivity contribution in [3.05, 3.63) is 90.0 Å². The maximum absolute atomic E-state index is 13.3. The number of hydrogen-bond donors (Lipinski definition) is 2. The summed E-state index contributed by atoms with van der Waals surface area (Å²) in [6.07, 6.45) is 3.60. The van der Waals surface area contributed by atoms with Crippen LogP contribution in [0.15, 0.2) is 77.5 Å². The molecule has 30 heavy (non-hydrogen) atoms. The second-order valence-corrected chi connectivity index (χ2v) is 7.52. The molecular weight excluding hydrogens is 380 g/mol. The molecule has 1 amide bonds. The molecule has 6 heteroatoms. The van der Waals surface area contributed by atoms with Gasteiger partial charge in [-0.2, -0.15) is 0 Å². The van der Waals surface area contributed by atoms with Gasteiger partial charge in [0.15, 0.2) is 11.4 Å². The van der Waals surface area contributed by atoms with Crippen LogP contribution in [-0.2, 0) is 16.8 Å². The molecule has 0 fully saturated rings. The second kappa shape index (κ2) is 7.00. The number of Topliss-reactive ketones (excluding diaryl/α,β-unsaturated/α-hetero) is 1. The van der Waals surface area contributed by atoms with Crippen LogP contribution in [0.5, 0.6) is 0 Å². The molecule has 1 aliphatic heterocycles. The first-order valence-electron chi connectivity index (χ1n) is 9.83. The van der Waals surface area contributed by atoms with Crippen LogP contribution in [0.3, 0.4) is 0 Å². The van der Waals surface area contributed by atoms with Gasteiger partial charge >= 0.3 is 0 Å². The molecule has 2 aromatic carbocycles. The number of amides is 1. The fourth-order valence-corrected chi connectivity index (χ4v) is 4.23. The summed E-state index contributed by atoms with van der Waals surface area (Å²) in [7, 11) is 0. The van der Waals surface area contributed by atoms with E-state index in [9.17, 15) is 14.7 Å². The summed E-state index contributed by atoms with van der Waals surface area (Å²) < 4.78 is 5.15. The summed E-state index contributed by atoms with van der Waals surface area (Å²) in [6, 6.07) is 18.2. The van der Waals surface area contributed by atoms with Crippen molar-refractivity contribution in [3.63, 3.8) is 0 Å². The summed E-state index contributed by atoms with van der Waals surface area (Å²) in [4.78, 5) is 30.7. The number of aromatic nitrogens is 1. The minimum atomic E-state index is -1.90. The predicted octanol–water partition coefficient (Wildman–Crippen LogP) is 3.81. The number of aliphatic hydroxyl groups is 1. The Morgan fingerprint density at radius 1 is 1.07 bits per heavy atom. The van der Waals surface area contributed by atoms with Gasteiger partial charge in [0.2, 0.25) is 5.78 Å². The number of ketones is 1. The van der Waals surface area contributed by atoms with Crippen molar-refractivity contribution in [1.29, 1.82) is 0 Å². The van der Waals surface area contributed by atoms with Crippen molar-refractivity contribution >= 4 is 28.3 Å². The van der Waals surface area contributed by atoms with E-state index in [0.717, 1.165) is 16.5 Å². The van der Waals surface area contributed by atoms with Crippen LogP contribution in [0.4, 0.5) is 5.69 Å². The van der Waals surface area contributed by atoms with Gasteiger partial charge in [-0.3, -0.25) is 9.59 Å². The summed E-state index contributed by atoms with van der Waals surface area (Å²) in [6.45, 7) is 0.398. The number of nitrogens with one attached hydrogen (secondary N) is 1. The summed E-state index contributed by atoms with van der Waals surface area (Å²) in [5.41, 5.74) is 1.32. The predicted molar refractivity (Wildman–Crippen MR) is 112 cm³/mol. The highest BCUT2D eigenvalue weighted by molar-refractivity contribution is 6.10. The number of carbonyl (C=O) groups excluding carboxylic acids is 2. The number of carbonyl (C=O) groups is 2. The number of aromatic amines is 1. The van der Waals surface area contributed by atoms with Crippen molar-refractivity contribution in [3.8, 4) is 0 Å². The van der Waals surface area contributed by atoms with Gasteiger partial charge in [0, 0.05) is 29.2 Å². The van der Waals surface area contributed by atoms with Gasteiger partial charge in [0.05, 0.1) is 18.4 Å². The molecular formula is C24H20N2O4. The van der Waals surface area contributed by atoms with Crippen LogP contribution in [-0.4, -0.2) is 28.3 Å². The van der Waals surface area contributed by atoms with Gasteiger partial charge < -0.3 is 19.4 Å². The van der Waals surface area contributed by atoms with E-state index in [1.165, 1.54) is 12.3 Å². The maximum atomic E-state index is 13.3. The quantitative estimate of drug-likeness (QED) is 0.482. The van der Waals surface area contributed by atoms with Crippen LogP contribution in [0.2, 0.25) is 0 Å². The van der Waals surface area contributed by atoms with E-state index in [4.69, 9.17) is 4.42 Å². The molecule has 2 aromatic heterocycles. The van der Waals surface area contributed by atoms with Crippen molar-refractivity contribution in [2.75, 3.05) is 11.4 Å². The molecule has 0 bridgehead atoms. The smallest absolute Gasteiger partial charge is 0.264 e. The van der Waals surface area contributed by atoms with Crippen LogP contribution in [0.25, 0.3) is 10.9 Å². The Bertz CT molecular complexity index is 1240. The third kappa shape index (κ3) is 2.84. The molecule has 1 aliphatic rings. The van der Waals surface area contributed by atoms with E-state index in [2.05, 4.69) is 4.98 Å². The lowest BCUT2D eigenvalue weighted by atomic mass is 9.89. The molecule has 6 nitrogen and oxygen atoms in total. The number of furan rings is 1. The van der Waals surface area contributed by atoms with Crippen LogP contribution in [0, 0.1) is 0 Å². The Morgan fingerprint density at radius 2 is 1.87 bits per heavy atom. The summed E-state index contributed by atoms with van der Waals surface area (Å²) in [5.74, 6) is -0.765. The van der Waals surface area contributed by atoms with Gasteiger partial charge in [-0.25, -0.2) is 0 Å². The van der Waals surface area contributed by atoms with Gasteiger partial charge in [0.1, 0.15) is 0 Å². The van der Waals surface area contributed by atoms with Crippen molar-refractivity contribution in [2.45, 2.75) is 18.4 Å². The summed E-state index contributed by atoms with van der Waals surface area (Å²) >= 11 is 0. The van der Waals surface area contributed by atoms with Crippen LogP contribution >= 0.6 is 0 Å². The fraction of sp³-hybridized carbons (Fsp3) is 0.167. The second-order valence-electron chi connectivity index (χ2n) is 7.52. The van der Waals surface area contributed by atoms with E-state index in [0.29, 0.717) is 24.2 Å².